The zero-order valence-electron chi connectivity index (χ0n) is 6.32. The molecule has 0 saturated carbocycles. The summed E-state index contributed by atoms with van der Waals surface area (Å²) in [5.74, 6) is -0.794. The van der Waals surface area contributed by atoms with Gasteiger partial charge in [0.2, 0.25) is 0 Å². The Hall–Kier alpha value is -0.610. The Bertz CT molecular complexity index is 149. The number of carboxylic acids is 1. The Morgan fingerprint density at radius 2 is 2.45 bits per heavy atom. The van der Waals surface area contributed by atoms with Gasteiger partial charge in [0.1, 0.15) is 0 Å². The number of aliphatic carboxylic acids is 1. The van der Waals surface area contributed by atoms with E-state index in [4.69, 9.17) is 15.6 Å². The van der Waals surface area contributed by atoms with Gasteiger partial charge in [0.15, 0.2) is 0 Å². The van der Waals surface area contributed by atoms with Gasteiger partial charge in [0, 0.05) is 18.6 Å². The highest BCUT2D eigenvalue weighted by Crippen LogP contribution is 2.15. The van der Waals surface area contributed by atoms with E-state index in [1.807, 2.05) is 0 Å². The summed E-state index contributed by atoms with van der Waals surface area (Å²) in [7, 11) is 0. The van der Waals surface area contributed by atoms with Crippen molar-refractivity contribution in [3.8, 4) is 0 Å². The standard InChI is InChI=1S/C7H13NO3/c8-6-1-2-11-4-5(6)3-7(9)10/h5-6H,1-4,8H2,(H,9,10)/t5-,6-/m0/s1. The van der Waals surface area contributed by atoms with Gasteiger partial charge < -0.3 is 15.6 Å². The van der Waals surface area contributed by atoms with Crippen molar-refractivity contribution in [3.05, 3.63) is 0 Å². The second kappa shape index (κ2) is 3.69. The number of rotatable bonds is 2. The van der Waals surface area contributed by atoms with Gasteiger partial charge in [-0.05, 0) is 6.42 Å². The molecule has 11 heavy (non-hydrogen) atoms. The Kier molecular flexibility index (Phi) is 2.84. The molecule has 0 aromatic carbocycles. The molecule has 0 aromatic rings. The molecule has 0 aromatic heterocycles. The normalized spacial score (nSPS) is 31.7. The van der Waals surface area contributed by atoms with Gasteiger partial charge in [-0.25, -0.2) is 0 Å². The summed E-state index contributed by atoms with van der Waals surface area (Å²) >= 11 is 0. The van der Waals surface area contributed by atoms with E-state index in [0.29, 0.717) is 13.2 Å². The summed E-state index contributed by atoms with van der Waals surface area (Å²) in [6.07, 6.45) is 0.902. The van der Waals surface area contributed by atoms with Crippen molar-refractivity contribution < 1.29 is 14.6 Å². The second-order valence-electron chi connectivity index (χ2n) is 2.89. The summed E-state index contributed by atoms with van der Waals surface area (Å²) < 4.78 is 5.11. The lowest BCUT2D eigenvalue weighted by atomic mass is 9.94. The number of ether oxygens (including phenoxy) is 1. The van der Waals surface area contributed by atoms with Gasteiger partial charge in [0.05, 0.1) is 13.0 Å². The summed E-state index contributed by atoms with van der Waals surface area (Å²) in [4.78, 5) is 10.3. The van der Waals surface area contributed by atoms with Crippen LogP contribution >= 0.6 is 0 Å². The first-order valence-corrected chi connectivity index (χ1v) is 3.75. The molecular weight excluding hydrogens is 146 g/mol. The van der Waals surface area contributed by atoms with Crippen LogP contribution in [0, 0.1) is 5.92 Å². The van der Waals surface area contributed by atoms with Gasteiger partial charge in [-0.1, -0.05) is 0 Å². The van der Waals surface area contributed by atoms with E-state index in [1.165, 1.54) is 0 Å². The van der Waals surface area contributed by atoms with Crippen molar-refractivity contribution in [1.29, 1.82) is 0 Å². The topological polar surface area (TPSA) is 72.5 Å². The number of carboxylic acid groups (broad SMARTS) is 1. The van der Waals surface area contributed by atoms with Crippen LogP contribution in [0.4, 0.5) is 0 Å². The highest BCUT2D eigenvalue weighted by atomic mass is 16.5. The lowest BCUT2D eigenvalue weighted by Crippen LogP contribution is -2.39. The van der Waals surface area contributed by atoms with Crippen LogP contribution in [0.15, 0.2) is 0 Å². The smallest absolute Gasteiger partial charge is 0.303 e. The fourth-order valence-corrected chi connectivity index (χ4v) is 1.25. The van der Waals surface area contributed by atoms with Crippen LogP contribution < -0.4 is 5.73 Å². The number of hydrogen-bond acceptors (Lipinski definition) is 3. The first-order valence-electron chi connectivity index (χ1n) is 3.75. The average Bonchev–Trinajstić information content (AvgIpc) is 1.93. The molecule has 0 aliphatic carbocycles. The molecular formula is C7H13NO3. The fraction of sp³-hybridized carbons (Fsp3) is 0.857. The molecule has 1 heterocycles. The third kappa shape index (κ3) is 2.48. The minimum absolute atomic E-state index is 0.000139. The minimum Gasteiger partial charge on any atom is -0.481 e. The third-order valence-corrected chi connectivity index (χ3v) is 1.97. The maximum atomic E-state index is 10.3. The van der Waals surface area contributed by atoms with Crippen LogP contribution in [-0.2, 0) is 9.53 Å². The molecule has 0 amide bonds. The van der Waals surface area contributed by atoms with Gasteiger partial charge >= 0.3 is 5.97 Å². The van der Waals surface area contributed by atoms with Gasteiger partial charge in [-0.15, -0.1) is 0 Å². The lowest BCUT2D eigenvalue weighted by Gasteiger charge is -2.27. The SMILES string of the molecule is N[C@H]1CCOC[C@@H]1CC(=O)O. The van der Waals surface area contributed by atoms with Crippen LogP contribution in [0.1, 0.15) is 12.8 Å². The molecule has 1 saturated heterocycles. The Balaban J connectivity index is 2.35. The average molecular weight is 159 g/mol. The quantitative estimate of drug-likeness (QED) is 0.586. The third-order valence-electron chi connectivity index (χ3n) is 1.97. The Morgan fingerprint density at radius 1 is 1.73 bits per heavy atom. The second-order valence-corrected chi connectivity index (χ2v) is 2.89. The molecule has 0 bridgehead atoms. The van der Waals surface area contributed by atoms with E-state index in [1.54, 1.807) is 0 Å². The Labute approximate surface area is 65.3 Å². The molecule has 3 N–H and O–H groups in total. The molecule has 0 spiro atoms. The van der Waals surface area contributed by atoms with E-state index >= 15 is 0 Å². The molecule has 1 fully saturated rings. The summed E-state index contributed by atoms with van der Waals surface area (Å²) in [6.45, 7) is 1.16. The van der Waals surface area contributed by atoms with Crippen LogP contribution in [-0.4, -0.2) is 30.3 Å². The van der Waals surface area contributed by atoms with Gasteiger partial charge in [-0.2, -0.15) is 0 Å². The van der Waals surface area contributed by atoms with Crippen LogP contribution in [0.25, 0.3) is 0 Å². The monoisotopic (exact) mass is 159 g/mol. The van der Waals surface area contributed by atoms with Crippen molar-refractivity contribution >= 4 is 5.97 Å². The van der Waals surface area contributed by atoms with Crippen molar-refractivity contribution in [3.63, 3.8) is 0 Å². The highest BCUT2D eigenvalue weighted by Gasteiger charge is 2.24. The maximum absolute atomic E-state index is 10.3. The first kappa shape index (κ1) is 8.49. The van der Waals surface area contributed by atoms with Gasteiger partial charge in [-0.3, -0.25) is 4.79 Å². The molecule has 1 aliphatic heterocycles. The summed E-state index contributed by atoms with van der Waals surface area (Å²) in [5, 5.41) is 8.47. The molecule has 1 rings (SSSR count). The summed E-state index contributed by atoms with van der Waals surface area (Å²) in [6, 6.07) is -0.000139. The van der Waals surface area contributed by atoms with Crippen molar-refractivity contribution in [2.24, 2.45) is 11.7 Å². The first-order chi connectivity index (χ1) is 5.20. The zero-order valence-corrected chi connectivity index (χ0v) is 6.32. The van der Waals surface area contributed by atoms with E-state index in [9.17, 15) is 4.79 Å². The largest absolute Gasteiger partial charge is 0.481 e. The predicted octanol–water partition coefficient (Wildman–Crippen LogP) is -0.175. The van der Waals surface area contributed by atoms with Crippen molar-refractivity contribution in [2.75, 3.05) is 13.2 Å². The van der Waals surface area contributed by atoms with Crippen LogP contribution in [0.5, 0.6) is 0 Å². The zero-order chi connectivity index (χ0) is 8.27. The lowest BCUT2D eigenvalue weighted by molar-refractivity contribution is -0.139. The maximum Gasteiger partial charge on any atom is 0.303 e. The molecule has 1 aliphatic rings. The van der Waals surface area contributed by atoms with Crippen LogP contribution in [0.3, 0.4) is 0 Å². The van der Waals surface area contributed by atoms with E-state index < -0.39 is 5.97 Å². The number of nitrogens with two attached hydrogens (primary N) is 1. The number of hydrogen-bond donors (Lipinski definition) is 2. The van der Waals surface area contributed by atoms with Gasteiger partial charge in [0.25, 0.3) is 0 Å². The molecule has 2 atom stereocenters. The molecule has 0 unspecified atom stereocenters. The van der Waals surface area contributed by atoms with E-state index in [2.05, 4.69) is 0 Å². The molecule has 0 radical (unpaired) electrons. The van der Waals surface area contributed by atoms with E-state index in [-0.39, 0.29) is 18.4 Å². The molecule has 64 valence electrons. The number of carbonyl (C=O) groups is 1. The van der Waals surface area contributed by atoms with Crippen LogP contribution in [0.2, 0.25) is 0 Å². The molecule has 4 heteroatoms. The van der Waals surface area contributed by atoms with Crippen molar-refractivity contribution in [2.45, 2.75) is 18.9 Å². The summed E-state index contributed by atoms with van der Waals surface area (Å²) in [5.41, 5.74) is 5.68. The van der Waals surface area contributed by atoms with Crippen molar-refractivity contribution in [1.82, 2.24) is 0 Å². The van der Waals surface area contributed by atoms with E-state index in [0.717, 1.165) is 6.42 Å². The predicted molar refractivity (Wildman–Crippen MR) is 39.2 cm³/mol. The minimum atomic E-state index is -0.795. The Morgan fingerprint density at radius 3 is 3.00 bits per heavy atom. The highest BCUT2D eigenvalue weighted by molar-refractivity contribution is 5.67. The fourth-order valence-electron chi connectivity index (χ4n) is 1.25. The molecule has 4 nitrogen and oxygen atoms in total.